The summed E-state index contributed by atoms with van der Waals surface area (Å²) >= 11 is 1.59. The molecular weight excluding hydrogens is 352 g/mol. The van der Waals surface area contributed by atoms with E-state index in [1.54, 1.807) is 23.5 Å². The first kappa shape index (κ1) is 16.5. The van der Waals surface area contributed by atoms with Crippen molar-refractivity contribution in [2.45, 2.75) is 12.8 Å². The molecule has 0 radical (unpaired) electrons. The molecule has 0 aliphatic carbocycles. The molecule has 0 bridgehead atoms. The van der Waals surface area contributed by atoms with Crippen molar-refractivity contribution in [1.29, 1.82) is 0 Å². The van der Waals surface area contributed by atoms with Gasteiger partial charge in [0, 0.05) is 24.8 Å². The summed E-state index contributed by atoms with van der Waals surface area (Å²) in [6.07, 6.45) is 2.38. The zero-order valence-electron chi connectivity index (χ0n) is 13.8. The van der Waals surface area contributed by atoms with Gasteiger partial charge in [-0.15, -0.1) is 0 Å². The van der Waals surface area contributed by atoms with Gasteiger partial charge in [-0.25, -0.2) is 4.98 Å². The first-order chi connectivity index (χ1) is 12.6. The van der Waals surface area contributed by atoms with E-state index in [0.717, 1.165) is 28.4 Å². The highest BCUT2D eigenvalue weighted by atomic mass is 32.1. The molecule has 1 N–H and O–H groups in total. The summed E-state index contributed by atoms with van der Waals surface area (Å²) in [6.45, 7) is 2.06. The number of carbonyl (C=O) groups is 1. The predicted octanol–water partition coefficient (Wildman–Crippen LogP) is 4.06. The molecule has 0 unspecified atom stereocenters. The molecule has 0 saturated carbocycles. The fourth-order valence-electron chi connectivity index (χ4n) is 3.06. The van der Waals surface area contributed by atoms with Crippen LogP contribution >= 0.6 is 11.3 Å². The smallest absolute Gasteiger partial charge is 0.282 e. The van der Waals surface area contributed by atoms with E-state index in [2.05, 4.69) is 15.2 Å². The van der Waals surface area contributed by atoms with Crippen LogP contribution in [0.4, 0.5) is 16.5 Å². The van der Waals surface area contributed by atoms with Crippen LogP contribution in [-0.2, 0) is 0 Å². The second-order valence-corrected chi connectivity index (χ2v) is 7.11. The summed E-state index contributed by atoms with van der Waals surface area (Å²) in [4.78, 5) is 29.9. The van der Waals surface area contributed by atoms with Crippen LogP contribution in [0.25, 0.3) is 10.2 Å². The van der Waals surface area contributed by atoms with E-state index in [-0.39, 0.29) is 11.3 Å². The van der Waals surface area contributed by atoms with E-state index in [4.69, 9.17) is 0 Å². The van der Waals surface area contributed by atoms with E-state index < -0.39 is 10.8 Å². The molecule has 1 aromatic heterocycles. The molecule has 2 heterocycles. The molecule has 1 aliphatic rings. The standard InChI is InChI=1S/C18H16N4O3S/c23-17(13-5-1-2-6-15(13)22(24)25)19-12-7-8-14-16(11-12)26-18(20-14)21-9-3-4-10-21/h1-2,5-8,11H,3-4,9-10H2,(H,19,23). The molecular formula is C18H16N4O3S. The number of nitro benzene ring substituents is 1. The van der Waals surface area contributed by atoms with Crippen LogP contribution in [0.1, 0.15) is 23.2 Å². The molecule has 3 aromatic rings. The highest BCUT2D eigenvalue weighted by molar-refractivity contribution is 7.22. The van der Waals surface area contributed by atoms with Crippen LogP contribution in [0.2, 0.25) is 0 Å². The zero-order chi connectivity index (χ0) is 18.1. The van der Waals surface area contributed by atoms with Gasteiger partial charge >= 0.3 is 0 Å². The number of fused-ring (bicyclic) bond motifs is 1. The number of para-hydroxylation sites is 1. The molecule has 1 saturated heterocycles. The van der Waals surface area contributed by atoms with Gasteiger partial charge in [-0.05, 0) is 37.1 Å². The van der Waals surface area contributed by atoms with E-state index in [1.165, 1.54) is 31.0 Å². The van der Waals surface area contributed by atoms with Gasteiger partial charge in [0.1, 0.15) is 5.56 Å². The third kappa shape index (κ3) is 3.11. The molecule has 8 heteroatoms. The quantitative estimate of drug-likeness (QED) is 0.554. The van der Waals surface area contributed by atoms with Crippen molar-refractivity contribution in [2.75, 3.05) is 23.3 Å². The minimum absolute atomic E-state index is 0.0413. The number of hydrogen-bond donors (Lipinski definition) is 1. The average Bonchev–Trinajstić information content (AvgIpc) is 3.30. The second-order valence-electron chi connectivity index (χ2n) is 6.10. The van der Waals surface area contributed by atoms with Gasteiger partial charge in [0.25, 0.3) is 11.6 Å². The number of rotatable bonds is 4. The van der Waals surface area contributed by atoms with E-state index in [9.17, 15) is 14.9 Å². The molecule has 2 aromatic carbocycles. The number of benzene rings is 2. The van der Waals surface area contributed by atoms with Crippen molar-refractivity contribution in [3.8, 4) is 0 Å². The molecule has 1 amide bonds. The molecule has 1 aliphatic heterocycles. The fraction of sp³-hybridized carbons (Fsp3) is 0.222. The van der Waals surface area contributed by atoms with E-state index in [0.29, 0.717) is 5.69 Å². The number of aromatic nitrogens is 1. The number of nitro groups is 1. The normalized spacial score (nSPS) is 13.9. The Morgan fingerprint density at radius 1 is 1.19 bits per heavy atom. The van der Waals surface area contributed by atoms with E-state index in [1.807, 2.05) is 12.1 Å². The Bertz CT molecular complexity index is 995. The molecule has 1 fully saturated rings. The Kier molecular flexibility index (Phi) is 4.26. The molecule has 7 nitrogen and oxygen atoms in total. The minimum Gasteiger partial charge on any atom is -0.348 e. The van der Waals surface area contributed by atoms with Gasteiger partial charge < -0.3 is 10.2 Å². The molecule has 26 heavy (non-hydrogen) atoms. The Labute approximate surface area is 153 Å². The third-order valence-electron chi connectivity index (χ3n) is 4.36. The Morgan fingerprint density at radius 2 is 1.96 bits per heavy atom. The van der Waals surface area contributed by atoms with Gasteiger partial charge in [-0.1, -0.05) is 23.5 Å². The van der Waals surface area contributed by atoms with Crippen molar-refractivity contribution < 1.29 is 9.72 Å². The lowest BCUT2D eigenvalue weighted by Gasteiger charge is -2.11. The predicted molar refractivity (Wildman–Crippen MR) is 102 cm³/mol. The third-order valence-corrected chi connectivity index (χ3v) is 5.44. The summed E-state index contributed by atoms with van der Waals surface area (Å²) in [5.74, 6) is -0.499. The summed E-state index contributed by atoms with van der Waals surface area (Å²) < 4.78 is 0.979. The second kappa shape index (κ2) is 6.72. The zero-order valence-corrected chi connectivity index (χ0v) is 14.7. The summed E-state index contributed by atoms with van der Waals surface area (Å²) in [7, 11) is 0. The number of hydrogen-bond acceptors (Lipinski definition) is 6. The van der Waals surface area contributed by atoms with Gasteiger partial charge in [-0.2, -0.15) is 0 Å². The lowest BCUT2D eigenvalue weighted by Crippen LogP contribution is -2.16. The fourth-order valence-corrected chi connectivity index (χ4v) is 4.11. The van der Waals surface area contributed by atoms with Crippen LogP contribution in [0.15, 0.2) is 42.5 Å². The largest absolute Gasteiger partial charge is 0.348 e. The first-order valence-corrected chi connectivity index (χ1v) is 9.14. The van der Waals surface area contributed by atoms with Crippen LogP contribution in [0.5, 0.6) is 0 Å². The van der Waals surface area contributed by atoms with Crippen molar-refractivity contribution in [3.63, 3.8) is 0 Å². The first-order valence-electron chi connectivity index (χ1n) is 8.32. The number of amides is 1. The molecule has 4 rings (SSSR count). The van der Waals surface area contributed by atoms with Crippen molar-refractivity contribution in [2.24, 2.45) is 0 Å². The summed E-state index contributed by atoms with van der Waals surface area (Å²) in [5, 5.41) is 14.8. The number of carbonyl (C=O) groups excluding carboxylic acids is 1. The van der Waals surface area contributed by atoms with Crippen molar-refractivity contribution >= 4 is 44.0 Å². The maximum absolute atomic E-state index is 12.5. The van der Waals surface area contributed by atoms with Gasteiger partial charge in [0.2, 0.25) is 0 Å². The van der Waals surface area contributed by atoms with Crippen LogP contribution in [0, 0.1) is 10.1 Å². The monoisotopic (exact) mass is 368 g/mol. The number of nitrogens with one attached hydrogen (secondary N) is 1. The maximum atomic E-state index is 12.5. The number of thiazole rings is 1. The van der Waals surface area contributed by atoms with Gasteiger partial charge in [0.05, 0.1) is 15.1 Å². The lowest BCUT2D eigenvalue weighted by molar-refractivity contribution is -0.385. The minimum atomic E-state index is -0.552. The topological polar surface area (TPSA) is 88.4 Å². The Morgan fingerprint density at radius 3 is 2.73 bits per heavy atom. The van der Waals surface area contributed by atoms with Crippen LogP contribution in [0.3, 0.4) is 0 Å². The lowest BCUT2D eigenvalue weighted by atomic mass is 10.1. The Hall–Kier alpha value is -3.00. The number of nitrogens with zero attached hydrogens (tertiary/aromatic N) is 3. The molecule has 0 atom stereocenters. The SMILES string of the molecule is O=C(Nc1ccc2nc(N3CCCC3)sc2c1)c1ccccc1[N+](=O)[O-]. The number of anilines is 2. The van der Waals surface area contributed by atoms with Crippen LogP contribution in [-0.4, -0.2) is 28.9 Å². The average molecular weight is 368 g/mol. The highest BCUT2D eigenvalue weighted by Gasteiger charge is 2.20. The van der Waals surface area contributed by atoms with Crippen molar-refractivity contribution in [1.82, 2.24) is 4.98 Å². The Balaban J connectivity index is 1.59. The van der Waals surface area contributed by atoms with Gasteiger partial charge in [-0.3, -0.25) is 14.9 Å². The van der Waals surface area contributed by atoms with Crippen molar-refractivity contribution in [3.05, 3.63) is 58.1 Å². The molecule has 0 spiro atoms. The summed E-state index contributed by atoms with van der Waals surface area (Å²) in [6, 6.07) is 11.4. The van der Waals surface area contributed by atoms with Crippen LogP contribution < -0.4 is 10.2 Å². The highest BCUT2D eigenvalue weighted by Crippen LogP contribution is 2.32. The maximum Gasteiger partial charge on any atom is 0.282 e. The van der Waals surface area contributed by atoms with E-state index >= 15 is 0 Å². The molecule has 132 valence electrons. The summed E-state index contributed by atoms with van der Waals surface area (Å²) in [5.41, 5.74) is 1.32. The van der Waals surface area contributed by atoms with Gasteiger partial charge in [0.15, 0.2) is 5.13 Å².